The van der Waals surface area contributed by atoms with Gasteiger partial charge in [0.1, 0.15) is 0 Å². The Labute approximate surface area is 197 Å². The summed E-state index contributed by atoms with van der Waals surface area (Å²) in [5.41, 5.74) is 5.72. The molecular weight excluding hydrogens is 444 g/mol. The number of benzene rings is 4. The van der Waals surface area contributed by atoms with Crippen LogP contribution in [0.5, 0.6) is 0 Å². The van der Waals surface area contributed by atoms with Crippen molar-refractivity contribution in [3.8, 4) is 11.3 Å². The second kappa shape index (κ2) is 6.79. The molecule has 2 aliphatic rings. The van der Waals surface area contributed by atoms with Crippen molar-refractivity contribution in [1.82, 2.24) is 4.37 Å². The van der Waals surface area contributed by atoms with Crippen molar-refractivity contribution in [3.63, 3.8) is 0 Å². The first-order chi connectivity index (χ1) is 16.6. The number of carbonyl (C=O) groups excluding carboxylic acids is 3. The van der Waals surface area contributed by atoms with Gasteiger partial charge in [-0.1, -0.05) is 48.5 Å². The molecule has 0 spiro atoms. The molecule has 0 unspecified atom stereocenters. The van der Waals surface area contributed by atoms with E-state index in [1.807, 2.05) is 36.4 Å². The molecular formula is C28H14N2O3S. The van der Waals surface area contributed by atoms with E-state index in [1.54, 1.807) is 42.5 Å². The predicted octanol–water partition coefficient (Wildman–Crippen LogP) is 6.03. The summed E-state index contributed by atoms with van der Waals surface area (Å²) in [4.78, 5) is 39.6. The van der Waals surface area contributed by atoms with Crippen LogP contribution in [0.15, 0.2) is 78.9 Å². The van der Waals surface area contributed by atoms with Crippen molar-refractivity contribution < 1.29 is 14.4 Å². The summed E-state index contributed by atoms with van der Waals surface area (Å²) in [5.74, 6) is -0.399. The zero-order valence-corrected chi connectivity index (χ0v) is 18.4. The normalized spacial score (nSPS) is 13.5. The number of aromatic nitrogens is 1. The molecule has 1 heterocycles. The molecule has 0 radical (unpaired) electrons. The number of hydrogen-bond acceptors (Lipinski definition) is 6. The third-order valence-corrected chi connectivity index (χ3v) is 7.31. The van der Waals surface area contributed by atoms with Crippen molar-refractivity contribution in [3.05, 3.63) is 112 Å². The second-order valence-electron chi connectivity index (χ2n) is 8.36. The van der Waals surface area contributed by atoms with Crippen LogP contribution in [0, 0.1) is 0 Å². The zero-order chi connectivity index (χ0) is 23.0. The first kappa shape index (κ1) is 19.1. The van der Waals surface area contributed by atoms with E-state index in [0.29, 0.717) is 44.8 Å². The molecule has 34 heavy (non-hydrogen) atoms. The second-order valence-corrected chi connectivity index (χ2v) is 9.16. The third-order valence-electron chi connectivity index (χ3n) is 6.50. The van der Waals surface area contributed by atoms with E-state index >= 15 is 0 Å². The topological polar surface area (TPSA) is 76.1 Å². The smallest absolute Gasteiger partial charge is 0.196 e. The maximum Gasteiger partial charge on any atom is 0.196 e. The highest BCUT2D eigenvalue weighted by molar-refractivity contribution is 7.13. The summed E-state index contributed by atoms with van der Waals surface area (Å²) in [5, 5.41) is 4.17. The monoisotopic (exact) mass is 458 g/mol. The molecule has 1 N–H and O–H groups in total. The molecule has 0 aliphatic heterocycles. The summed E-state index contributed by atoms with van der Waals surface area (Å²) in [6, 6.07) is 23.3. The summed E-state index contributed by atoms with van der Waals surface area (Å²) in [7, 11) is 0. The molecule has 0 saturated carbocycles. The summed E-state index contributed by atoms with van der Waals surface area (Å²) >= 11 is 1.37. The van der Waals surface area contributed by atoms with Crippen LogP contribution in [0.1, 0.15) is 47.8 Å². The Balaban J connectivity index is 1.36. The number of nitrogens with zero attached hydrogens (tertiary/aromatic N) is 1. The van der Waals surface area contributed by atoms with Crippen LogP contribution < -0.4 is 5.32 Å². The maximum absolute atomic E-state index is 13.5. The van der Waals surface area contributed by atoms with Crippen LogP contribution in [0.4, 0.5) is 11.4 Å². The molecule has 0 saturated heterocycles. The average Bonchev–Trinajstić information content (AvgIpc) is 3.31. The Morgan fingerprint density at radius 1 is 0.618 bits per heavy atom. The lowest BCUT2D eigenvalue weighted by atomic mass is 9.84. The van der Waals surface area contributed by atoms with E-state index in [-0.39, 0.29) is 17.3 Å². The Morgan fingerprint density at radius 3 is 1.97 bits per heavy atom. The van der Waals surface area contributed by atoms with Gasteiger partial charge in [-0.15, -0.1) is 0 Å². The van der Waals surface area contributed by atoms with Crippen LogP contribution in [0.2, 0.25) is 0 Å². The number of hydrogen-bond donors (Lipinski definition) is 1. The molecule has 1 aromatic heterocycles. The van der Waals surface area contributed by atoms with Crippen LogP contribution >= 0.6 is 11.5 Å². The van der Waals surface area contributed by atoms with Gasteiger partial charge in [0.05, 0.1) is 21.6 Å². The van der Waals surface area contributed by atoms with Crippen LogP contribution in [-0.4, -0.2) is 21.7 Å². The molecule has 160 valence electrons. The Kier molecular flexibility index (Phi) is 3.81. The third kappa shape index (κ3) is 2.48. The lowest BCUT2D eigenvalue weighted by molar-refractivity contribution is 0.0979. The lowest BCUT2D eigenvalue weighted by Crippen LogP contribution is -2.20. The van der Waals surface area contributed by atoms with Crippen LogP contribution in [0.3, 0.4) is 0 Å². The van der Waals surface area contributed by atoms with E-state index in [2.05, 4.69) is 9.69 Å². The SMILES string of the molecule is O=C1c2ccccc2C(=O)c2cc(Nc3ccc4snc5c4c3C(=O)c3ccccc3-5)ccc21. The van der Waals surface area contributed by atoms with Gasteiger partial charge >= 0.3 is 0 Å². The molecule has 6 heteroatoms. The van der Waals surface area contributed by atoms with Gasteiger partial charge in [-0.05, 0) is 41.9 Å². The molecule has 4 aromatic carbocycles. The highest BCUT2D eigenvalue weighted by Crippen LogP contribution is 2.44. The molecule has 0 bridgehead atoms. The van der Waals surface area contributed by atoms with Crippen molar-refractivity contribution >= 4 is 50.3 Å². The molecule has 2 aliphatic carbocycles. The van der Waals surface area contributed by atoms with E-state index < -0.39 is 0 Å². The summed E-state index contributed by atoms with van der Waals surface area (Å²) < 4.78 is 5.57. The molecule has 0 amide bonds. The number of ketones is 3. The van der Waals surface area contributed by atoms with Crippen molar-refractivity contribution in [1.29, 1.82) is 0 Å². The first-order valence-corrected chi connectivity index (χ1v) is 11.5. The minimum absolute atomic E-state index is 0.0606. The predicted molar refractivity (Wildman–Crippen MR) is 132 cm³/mol. The summed E-state index contributed by atoms with van der Waals surface area (Å²) in [6.07, 6.45) is 0. The first-order valence-electron chi connectivity index (χ1n) is 10.8. The molecule has 5 nitrogen and oxygen atoms in total. The number of carbonyl (C=O) groups is 3. The maximum atomic E-state index is 13.5. The zero-order valence-electron chi connectivity index (χ0n) is 17.6. The van der Waals surface area contributed by atoms with E-state index in [0.717, 1.165) is 21.3 Å². The number of nitrogens with one attached hydrogen (secondary N) is 1. The van der Waals surface area contributed by atoms with Gasteiger partial charge in [-0.3, -0.25) is 14.4 Å². The standard InChI is InChI=1S/C28H14N2O3S/c31-26-17-7-3-4-8-18(17)27(32)20-13-14(9-10-19(20)26)29-21-11-12-22-24-23(21)28(33)16-6-2-1-5-15(16)25(24)30-34-22/h1-13,29H. The minimum atomic E-state index is -0.181. The van der Waals surface area contributed by atoms with Gasteiger partial charge in [0.15, 0.2) is 17.3 Å². The fourth-order valence-electron chi connectivity index (χ4n) is 4.91. The largest absolute Gasteiger partial charge is 0.355 e. The van der Waals surface area contributed by atoms with Crippen molar-refractivity contribution in [2.45, 2.75) is 0 Å². The van der Waals surface area contributed by atoms with E-state index in [4.69, 9.17) is 0 Å². The van der Waals surface area contributed by atoms with Gasteiger partial charge in [-0.25, -0.2) is 0 Å². The Hall–Kier alpha value is -4.42. The van der Waals surface area contributed by atoms with E-state index in [9.17, 15) is 14.4 Å². The molecule has 0 fully saturated rings. The summed E-state index contributed by atoms with van der Waals surface area (Å²) in [6.45, 7) is 0. The van der Waals surface area contributed by atoms with Crippen LogP contribution in [0.25, 0.3) is 21.3 Å². The fourth-order valence-corrected chi connectivity index (χ4v) is 5.71. The van der Waals surface area contributed by atoms with Crippen molar-refractivity contribution in [2.24, 2.45) is 0 Å². The van der Waals surface area contributed by atoms with Crippen molar-refractivity contribution in [2.75, 3.05) is 5.32 Å². The fraction of sp³-hybridized carbons (Fsp3) is 0. The lowest BCUT2D eigenvalue weighted by Gasteiger charge is -2.20. The van der Waals surface area contributed by atoms with Gasteiger partial charge < -0.3 is 5.32 Å². The number of anilines is 2. The van der Waals surface area contributed by atoms with Gasteiger partial charge in [0.2, 0.25) is 0 Å². The van der Waals surface area contributed by atoms with E-state index in [1.165, 1.54) is 11.5 Å². The minimum Gasteiger partial charge on any atom is -0.355 e. The highest BCUT2D eigenvalue weighted by Gasteiger charge is 2.31. The highest BCUT2D eigenvalue weighted by atomic mass is 32.1. The number of fused-ring (bicyclic) bond motifs is 4. The van der Waals surface area contributed by atoms with Gasteiger partial charge in [-0.2, -0.15) is 4.37 Å². The molecule has 5 aromatic rings. The van der Waals surface area contributed by atoms with Crippen LogP contribution in [-0.2, 0) is 0 Å². The Bertz CT molecular complexity index is 1750. The van der Waals surface area contributed by atoms with Gasteiger partial charge in [0.25, 0.3) is 0 Å². The average molecular weight is 458 g/mol. The Morgan fingerprint density at radius 2 is 1.24 bits per heavy atom. The van der Waals surface area contributed by atoms with Gasteiger partial charge in [0, 0.05) is 44.5 Å². The number of rotatable bonds is 2. The molecule has 0 atom stereocenters. The quantitative estimate of drug-likeness (QED) is 0.342. The molecule has 7 rings (SSSR count).